The van der Waals surface area contributed by atoms with Crippen molar-refractivity contribution in [2.75, 3.05) is 19.8 Å². The van der Waals surface area contributed by atoms with Gasteiger partial charge in [-0.05, 0) is 31.4 Å². The Hall–Kier alpha value is -0.840. The number of aromatic nitrogens is 1. The zero-order valence-electron chi connectivity index (χ0n) is 10.3. The van der Waals surface area contributed by atoms with Crippen LogP contribution >= 0.6 is 11.6 Å². The molecule has 1 aromatic rings. The number of pyridine rings is 1. The Morgan fingerprint density at radius 1 is 1.33 bits per heavy atom. The summed E-state index contributed by atoms with van der Waals surface area (Å²) in [5.74, 6) is 1.15. The molecule has 2 rings (SSSR count). The molecule has 0 radical (unpaired) electrons. The van der Waals surface area contributed by atoms with Crippen molar-refractivity contribution < 1.29 is 14.2 Å². The molecule has 0 saturated carbocycles. The maximum Gasteiger partial charge on any atom is 0.157 e. The summed E-state index contributed by atoms with van der Waals surface area (Å²) in [5.41, 5.74) is 0.843. The largest absolute Gasteiger partial charge is 0.490 e. The molecule has 1 aliphatic heterocycles. The third-order valence-corrected chi connectivity index (χ3v) is 3.00. The van der Waals surface area contributed by atoms with Crippen molar-refractivity contribution in [3.05, 3.63) is 24.0 Å². The van der Waals surface area contributed by atoms with Gasteiger partial charge in [0.2, 0.25) is 0 Å². The molecular formula is C13H18ClNO3. The van der Waals surface area contributed by atoms with Crippen LogP contribution < -0.4 is 4.74 Å². The number of alkyl halides is 1. The second-order valence-electron chi connectivity index (χ2n) is 4.13. The van der Waals surface area contributed by atoms with E-state index in [9.17, 15) is 0 Å². The lowest BCUT2D eigenvalue weighted by atomic mass is 10.2. The van der Waals surface area contributed by atoms with E-state index in [0.717, 1.165) is 30.9 Å². The van der Waals surface area contributed by atoms with Gasteiger partial charge < -0.3 is 14.2 Å². The van der Waals surface area contributed by atoms with Crippen LogP contribution in [0.15, 0.2) is 18.3 Å². The van der Waals surface area contributed by atoms with Crippen molar-refractivity contribution >= 4 is 11.6 Å². The standard InChI is InChI=1S/C13H18ClNO3/c14-9-11-4-5-12(10-15-11)16-7-8-18-13-3-1-2-6-17-13/h4-5,10,13H,1-3,6-9H2. The summed E-state index contributed by atoms with van der Waals surface area (Å²) in [6.07, 6.45) is 4.91. The summed E-state index contributed by atoms with van der Waals surface area (Å²) < 4.78 is 16.5. The zero-order valence-corrected chi connectivity index (χ0v) is 11.1. The van der Waals surface area contributed by atoms with Crippen molar-refractivity contribution in [2.45, 2.75) is 31.4 Å². The Bertz CT molecular complexity index is 339. The highest BCUT2D eigenvalue weighted by Gasteiger charge is 2.13. The van der Waals surface area contributed by atoms with Gasteiger partial charge >= 0.3 is 0 Å². The molecule has 1 atom stereocenters. The van der Waals surface area contributed by atoms with E-state index in [-0.39, 0.29) is 6.29 Å². The van der Waals surface area contributed by atoms with Crippen LogP contribution in [0.25, 0.3) is 0 Å². The maximum absolute atomic E-state index is 5.65. The normalized spacial score (nSPS) is 19.7. The van der Waals surface area contributed by atoms with Gasteiger partial charge in [0, 0.05) is 6.61 Å². The molecule has 18 heavy (non-hydrogen) atoms. The summed E-state index contributed by atoms with van der Waals surface area (Å²) >= 11 is 5.65. The van der Waals surface area contributed by atoms with E-state index in [1.807, 2.05) is 12.1 Å². The number of hydrogen-bond donors (Lipinski definition) is 0. The van der Waals surface area contributed by atoms with E-state index in [4.69, 9.17) is 25.8 Å². The van der Waals surface area contributed by atoms with Crippen LogP contribution in [0.1, 0.15) is 25.0 Å². The lowest BCUT2D eigenvalue weighted by Crippen LogP contribution is -2.24. The number of ether oxygens (including phenoxy) is 3. The summed E-state index contributed by atoms with van der Waals surface area (Å²) in [7, 11) is 0. The molecule has 1 unspecified atom stereocenters. The quantitative estimate of drug-likeness (QED) is 0.589. The molecule has 100 valence electrons. The van der Waals surface area contributed by atoms with Gasteiger partial charge in [0.25, 0.3) is 0 Å². The second-order valence-corrected chi connectivity index (χ2v) is 4.40. The minimum atomic E-state index is -0.0564. The molecule has 0 N–H and O–H groups in total. The SMILES string of the molecule is ClCc1ccc(OCCOC2CCCCO2)cn1. The number of halogens is 1. The predicted octanol–water partition coefficient (Wildman–Crippen LogP) is 2.74. The predicted molar refractivity (Wildman–Crippen MR) is 68.8 cm³/mol. The Labute approximate surface area is 112 Å². The molecular weight excluding hydrogens is 254 g/mol. The molecule has 0 amide bonds. The first-order chi connectivity index (χ1) is 8.88. The van der Waals surface area contributed by atoms with Gasteiger partial charge in [0.05, 0.1) is 24.4 Å². The topological polar surface area (TPSA) is 40.6 Å². The number of rotatable bonds is 6. The van der Waals surface area contributed by atoms with Crippen LogP contribution in [0.2, 0.25) is 0 Å². The Balaban J connectivity index is 1.62. The van der Waals surface area contributed by atoms with Crippen LogP contribution in [-0.4, -0.2) is 31.1 Å². The molecule has 5 heteroatoms. The van der Waals surface area contributed by atoms with E-state index >= 15 is 0 Å². The van der Waals surface area contributed by atoms with Crippen molar-refractivity contribution in [2.24, 2.45) is 0 Å². The van der Waals surface area contributed by atoms with Crippen molar-refractivity contribution in [1.29, 1.82) is 0 Å². The van der Waals surface area contributed by atoms with E-state index in [1.165, 1.54) is 6.42 Å². The fraction of sp³-hybridized carbons (Fsp3) is 0.615. The van der Waals surface area contributed by atoms with Crippen molar-refractivity contribution in [1.82, 2.24) is 4.98 Å². The van der Waals surface area contributed by atoms with Crippen molar-refractivity contribution in [3.8, 4) is 5.75 Å². The molecule has 1 aliphatic rings. The number of nitrogens with zero attached hydrogens (tertiary/aromatic N) is 1. The van der Waals surface area contributed by atoms with Gasteiger partial charge in [-0.2, -0.15) is 0 Å². The van der Waals surface area contributed by atoms with Gasteiger partial charge in [0.1, 0.15) is 12.4 Å². The molecule has 0 aromatic carbocycles. The van der Waals surface area contributed by atoms with Gasteiger partial charge in [-0.25, -0.2) is 0 Å². The highest BCUT2D eigenvalue weighted by molar-refractivity contribution is 6.16. The average Bonchev–Trinajstić information content (AvgIpc) is 2.45. The summed E-state index contributed by atoms with van der Waals surface area (Å²) in [6, 6.07) is 3.72. The minimum absolute atomic E-state index is 0.0564. The zero-order chi connectivity index (χ0) is 12.6. The molecule has 4 nitrogen and oxygen atoms in total. The third-order valence-electron chi connectivity index (χ3n) is 2.73. The van der Waals surface area contributed by atoms with E-state index in [2.05, 4.69) is 4.98 Å². The Morgan fingerprint density at radius 3 is 2.94 bits per heavy atom. The minimum Gasteiger partial charge on any atom is -0.490 e. The summed E-state index contributed by atoms with van der Waals surface area (Å²) in [6.45, 7) is 1.83. The molecule has 1 aromatic heterocycles. The summed E-state index contributed by atoms with van der Waals surface area (Å²) in [4.78, 5) is 4.14. The summed E-state index contributed by atoms with van der Waals surface area (Å²) in [5, 5.41) is 0. The Kier molecular flexibility index (Phi) is 5.71. The van der Waals surface area contributed by atoms with Crippen LogP contribution in [0.3, 0.4) is 0 Å². The van der Waals surface area contributed by atoms with Crippen LogP contribution in [0.4, 0.5) is 0 Å². The highest BCUT2D eigenvalue weighted by atomic mass is 35.5. The average molecular weight is 272 g/mol. The van der Waals surface area contributed by atoms with Gasteiger partial charge in [-0.15, -0.1) is 11.6 Å². The first kappa shape index (κ1) is 13.6. The van der Waals surface area contributed by atoms with Crippen molar-refractivity contribution in [3.63, 3.8) is 0 Å². The smallest absolute Gasteiger partial charge is 0.157 e. The third kappa shape index (κ3) is 4.44. The fourth-order valence-electron chi connectivity index (χ4n) is 1.76. The van der Waals surface area contributed by atoms with Crippen LogP contribution in [0.5, 0.6) is 5.75 Å². The van der Waals surface area contributed by atoms with Gasteiger partial charge in [-0.3, -0.25) is 4.98 Å². The molecule has 0 aliphatic carbocycles. The molecule has 2 heterocycles. The lowest BCUT2D eigenvalue weighted by Gasteiger charge is -2.22. The molecule has 0 bridgehead atoms. The van der Waals surface area contributed by atoms with Crippen LogP contribution in [0, 0.1) is 0 Å². The molecule has 0 spiro atoms. The highest BCUT2D eigenvalue weighted by Crippen LogP contribution is 2.14. The first-order valence-electron chi connectivity index (χ1n) is 6.25. The molecule has 1 saturated heterocycles. The Morgan fingerprint density at radius 2 is 2.28 bits per heavy atom. The van der Waals surface area contributed by atoms with E-state index in [1.54, 1.807) is 6.20 Å². The van der Waals surface area contributed by atoms with E-state index in [0.29, 0.717) is 19.1 Å². The monoisotopic (exact) mass is 271 g/mol. The molecule has 1 fully saturated rings. The fourth-order valence-corrected chi connectivity index (χ4v) is 1.92. The van der Waals surface area contributed by atoms with Gasteiger partial charge in [0.15, 0.2) is 6.29 Å². The first-order valence-corrected chi connectivity index (χ1v) is 6.79. The van der Waals surface area contributed by atoms with Gasteiger partial charge in [-0.1, -0.05) is 0 Å². The second kappa shape index (κ2) is 7.56. The van der Waals surface area contributed by atoms with E-state index < -0.39 is 0 Å². The maximum atomic E-state index is 5.65. The van der Waals surface area contributed by atoms with Crippen LogP contribution in [-0.2, 0) is 15.4 Å². The lowest BCUT2D eigenvalue weighted by molar-refractivity contribution is -0.165. The number of hydrogen-bond acceptors (Lipinski definition) is 4.